The first-order valence-corrected chi connectivity index (χ1v) is 4.13. The Bertz CT molecular complexity index is 510. The molecule has 0 spiro atoms. The third-order valence-electron chi connectivity index (χ3n) is 1.96. The number of nitro groups is 1. The number of nitrogens with zero attached hydrogens (tertiary/aromatic N) is 2. The van der Waals surface area contributed by atoms with Crippen molar-refractivity contribution in [3.8, 4) is 11.3 Å². The van der Waals surface area contributed by atoms with Crippen LogP contribution in [0.15, 0.2) is 30.5 Å². The van der Waals surface area contributed by atoms with Crippen molar-refractivity contribution in [3.05, 3.63) is 46.4 Å². The zero-order chi connectivity index (χ0) is 10.8. The highest BCUT2D eigenvalue weighted by atomic mass is 19.1. The molecule has 1 aromatic heterocycles. The van der Waals surface area contributed by atoms with Gasteiger partial charge in [0.2, 0.25) is 0 Å². The Morgan fingerprint density at radius 1 is 1.40 bits per heavy atom. The van der Waals surface area contributed by atoms with Crippen molar-refractivity contribution in [2.75, 3.05) is 0 Å². The molecule has 2 rings (SSSR count). The number of hydrogen-bond donors (Lipinski definition) is 1. The smallest absolute Gasteiger partial charge is 0.271 e. The topological polar surface area (TPSA) is 71.8 Å². The average molecular weight is 207 g/mol. The van der Waals surface area contributed by atoms with Crippen LogP contribution in [-0.4, -0.2) is 15.1 Å². The van der Waals surface area contributed by atoms with Gasteiger partial charge >= 0.3 is 5.69 Å². The summed E-state index contributed by atoms with van der Waals surface area (Å²) in [6.45, 7) is 0. The summed E-state index contributed by atoms with van der Waals surface area (Å²) >= 11 is 0. The predicted molar refractivity (Wildman–Crippen MR) is 50.6 cm³/mol. The lowest BCUT2D eigenvalue weighted by molar-refractivity contribution is -0.384. The van der Waals surface area contributed by atoms with E-state index in [1.54, 1.807) is 6.07 Å². The molecule has 0 aliphatic carbocycles. The minimum Gasteiger partial charge on any atom is -0.271 e. The summed E-state index contributed by atoms with van der Waals surface area (Å²) in [5.74, 6) is -0.523. The van der Waals surface area contributed by atoms with Crippen LogP contribution in [-0.2, 0) is 0 Å². The Labute approximate surface area is 83.7 Å². The lowest BCUT2D eigenvalue weighted by Crippen LogP contribution is -1.91. The molecule has 5 nitrogen and oxygen atoms in total. The summed E-state index contributed by atoms with van der Waals surface area (Å²) in [7, 11) is 0. The number of nitrogens with one attached hydrogen (secondary N) is 1. The zero-order valence-corrected chi connectivity index (χ0v) is 7.48. The summed E-state index contributed by atoms with van der Waals surface area (Å²) in [4.78, 5) is 9.98. The minimum absolute atomic E-state index is 0.0816. The van der Waals surface area contributed by atoms with E-state index in [2.05, 4.69) is 10.2 Å². The van der Waals surface area contributed by atoms with Crippen LogP contribution < -0.4 is 0 Å². The van der Waals surface area contributed by atoms with Gasteiger partial charge in [-0.1, -0.05) is 12.1 Å². The van der Waals surface area contributed by atoms with E-state index in [1.807, 2.05) is 0 Å². The molecule has 0 atom stereocenters. The normalized spacial score (nSPS) is 10.2. The molecule has 1 heterocycles. The second kappa shape index (κ2) is 3.49. The number of rotatable bonds is 2. The number of aromatic amines is 1. The van der Waals surface area contributed by atoms with Crippen molar-refractivity contribution in [1.82, 2.24) is 10.2 Å². The first-order chi connectivity index (χ1) is 7.20. The average Bonchev–Trinajstić information content (AvgIpc) is 2.67. The van der Waals surface area contributed by atoms with E-state index in [0.29, 0.717) is 0 Å². The van der Waals surface area contributed by atoms with Gasteiger partial charge < -0.3 is 0 Å². The summed E-state index contributed by atoms with van der Waals surface area (Å²) in [5, 5.41) is 16.5. The molecule has 15 heavy (non-hydrogen) atoms. The van der Waals surface area contributed by atoms with Gasteiger partial charge in [-0.15, -0.1) is 0 Å². The Kier molecular flexibility index (Phi) is 2.17. The number of benzene rings is 1. The molecule has 0 unspecified atom stereocenters. The maximum atomic E-state index is 13.3. The second-order valence-corrected chi connectivity index (χ2v) is 2.87. The van der Waals surface area contributed by atoms with E-state index in [1.165, 1.54) is 18.2 Å². The van der Waals surface area contributed by atoms with Crippen molar-refractivity contribution >= 4 is 5.69 Å². The van der Waals surface area contributed by atoms with Gasteiger partial charge in [0.05, 0.1) is 4.92 Å². The summed E-state index contributed by atoms with van der Waals surface area (Å²) in [6.07, 6.45) is 1.06. The van der Waals surface area contributed by atoms with Crippen molar-refractivity contribution < 1.29 is 9.31 Å². The van der Waals surface area contributed by atoms with Crippen molar-refractivity contribution in [1.29, 1.82) is 0 Å². The Hall–Kier alpha value is -2.24. The van der Waals surface area contributed by atoms with E-state index in [4.69, 9.17) is 0 Å². The van der Waals surface area contributed by atoms with Gasteiger partial charge in [0.15, 0.2) is 0 Å². The maximum Gasteiger partial charge on any atom is 0.314 e. The van der Waals surface area contributed by atoms with Gasteiger partial charge in [0.1, 0.15) is 17.7 Å². The molecule has 0 saturated carbocycles. The van der Waals surface area contributed by atoms with Gasteiger partial charge in [-0.05, 0) is 12.1 Å². The highest BCUT2D eigenvalue weighted by molar-refractivity contribution is 5.69. The first kappa shape index (κ1) is 9.32. The highest BCUT2D eigenvalue weighted by Gasteiger charge is 2.19. The Balaban J connectivity index is 2.59. The lowest BCUT2D eigenvalue weighted by Gasteiger charge is -1.98. The molecule has 0 saturated heterocycles. The third-order valence-corrected chi connectivity index (χ3v) is 1.96. The third kappa shape index (κ3) is 1.56. The zero-order valence-electron chi connectivity index (χ0n) is 7.48. The van der Waals surface area contributed by atoms with E-state index in [-0.39, 0.29) is 16.9 Å². The molecule has 2 aromatic rings. The quantitative estimate of drug-likeness (QED) is 0.605. The second-order valence-electron chi connectivity index (χ2n) is 2.87. The molecular formula is C9H6FN3O2. The molecule has 1 aromatic carbocycles. The summed E-state index contributed by atoms with van der Waals surface area (Å²) in [6, 6.07) is 5.81. The van der Waals surface area contributed by atoms with E-state index in [9.17, 15) is 14.5 Å². The van der Waals surface area contributed by atoms with Crippen LogP contribution in [0.5, 0.6) is 0 Å². The fourth-order valence-electron chi connectivity index (χ4n) is 1.28. The molecule has 1 N–H and O–H groups in total. The van der Waals surface area contributed by atoms with E-state index in [0.717, 1.165) is 6.20 Å². The van der Waals surface area contributed by atoms with Gasteiger partial charge in [-0.2, -0.15) is 5.10 Å². The van der Waals surface area contributed by atoms with Crippen molar-refractivity contribution in [3.63, 3.8) is 0 Å². The maximum absolute atomic E-state index is 13.3. The van der Waals surface area contributed by atoms with Crippen LogP contribution in [0.3, 0.4) is 0 Å². The number of aromatic nitrogens is 2. The standard InChI is InChI=1S/C9H6FN3O2/c10-7-4-2-1-3-6(7)9-8(13(14)15)5-11-12-9/h1-5H,(H,11,12). The Morgan fingerprint density at radius 3 is 2.80 bits per heavy atom. The van der Waals surface area contributed by atoms with Gasteiger partial charge in [-0.25, -0.2) is 4.39 Å². The van der Waals surface area contributed by atoms with Crippen molar-refractivity contribution in [2.24, 2.45) is 0 Å². The SMILES string of the molecule is O=[N+]([O-])c1cn[nH]c1-c1ccccc1F. The molecule has 0 aliphatic rings. The van der Waals surface area contributed by atoms with Crippen LogP contribution >= 0.6 is 0 Å². The number of H-pyrrole nitrogens is 1. The van der Waals surface area contributed by atoms with Gasteiger partial charge in [-0.3, -0.25) is 15.2 Å². The lowest BCUT2D eigenvalue weighted by atomic mass is 10.1. The predicted octanol–water partition coefficient (Wildman–Crippen LogP) is 2.12. The monoisotopic (exact) mass is 207 g/mol. The van der Waals surface area contributed by atoms with Crippen LogP contribution in [0.1, 0.15) is 0 Å². The summed E-state index contributed by atoms with van der Waals surface area (Å²) < 4.78 is 13.3. The molecular weight excluding hydrogens is 201 g/mol. The van der Waals surface area contributed by atoms with Crippen molar-refractivity contribution in [2.45, 2.75) is 0 Å². The van der Waals surface area contributed by atoms with E-state index < -0.39 is 10.7 Å². The van der Waals surface area contributed by atoms with Crippen LogP contribution in [0.2, 0.25) is 0 Å². The number of hydrogen-bond acceptors (Lipinski definition) is 3. The molecule has 0 radical (unpaired) electrons. The first-order valence-electron chi connectivity index (χ1n) is 4.13. The summed E-state index contributed by atoms with van der Waals surface area (Å²) in [5.41, 5.74) is -0.0140. The van der Waals surface area contributed by atoms with Gasteiger partial charge in [0.25, 0.3) is 0 Å². The Morgan fingerprint density at radius 2 is 2.13 bits per heavy atom. The van der Waals surface area contributed by atoms with Crippen LogP contribution in [0.25, 0.3) is 11.3 Å². The molecule has 0 bridgehead atoms. The van der Waals surface area contributed by atoms with Crippen LogP contribution in [0, 0.1) is 15.9 Å². The largest absolute Gasteiger partial charge is 0.314 e. The molecule has 0 aliphatic heterocycles. The molecule has 0 amide bonds. The van der Waals surface area contributed by atoms with E-state index >= 15 is 0 Å². The minimum atomic E-state index is -0.606. The fourth-order valence-corrected chi connectivity index (χ4v) is 1.28. The fraction of sp³-hybridized carbons (Fsp3) is 0. The van der Waals surface area contributed by atoms with Crippen LogP contribution in [0.4, 0.5) is 10.1 Å². The molecule has 76 valence electrons. The van der Waals surface area contributed by atoms with Gasteiger partial charge in [0, 0.05) is 5.56 Å². The number of halogens is 1. The highest BCUT2D eigenvalue weighted by Crippen LogP contribution is 2.28. The molecule has 0 fully saturated rings. The molecule has 6 heteroatoms.